The molecule has 2 amide bonds. The van der Waals surface area contributed by atoms with Crippen molar-refractivity contribution in [3.05, 3.63) is 58.9 Å². The summed E-state index contributed by atoms with van der Waals surface area (Å²) < 4.78 is 12.9. The van der Waals surface area contributed by atoms with E-state index in [1.165, 1.54) is 12.1 Å². The molecule has 0 saturated heterocycles. The van der Waals surface area contributed by atoms with Crippen LogP contribution in [0.25, 0.3) is 0 Å². The van der Waals surface area contributed by atoms with Crippen LogP contribution in [0.1, 0.15) is 18.5 Å². The zero-order valence-electron chi connectivity index (χ0n) is 11.4. The number of carbonyl (C=O) groups is 1. The van der Waals surface area contributed by atoms with Gasteiger partial charge in [-0.1, -0.05) is 23.7 Å². The first-order valence-electron chi connectivity index (χ1n) is 6.34. The van der Waals surface area contributed by atoms with E-state index < -0.39 is 11.8 Å². The van der Waals surface area contributed by atoms with Gasteiger partial charge in [-0.05, 0) is 42.8 Å². The first-order chi connectivity index (χ1) is 9.95. The van der Waals surface area contributed by atoms with Gasteiger partial charge in [0.05, 0.1) is 10.7 Å². The van der Waals surface area contributed by atoms with Crippen molar-refractivity contribution in [2.24, 2.45) is 5.73 Å². The van der Waals surface area contributed by atoms with Gasteiger partial charge >= 0.3 is 6.03 Å². The lowest BCUT2D eigenvalue weighted by Crippen LogP contribution is -2.19. The molecule has 0 bridgehead atoms. The Balaban J connectivity index is 2.01. The summed E-state index contributed by atoms with van der Waals surface area (Å²) in [6.45, 7) is 1.88. The molecule has 1 unspecified atom stereocenters. The molecule has 0 aliphatic heterocycles. The molecule has 0 aliphatic carbocycles. The summed E-state index contributed by atoms with van der Waals surface area (Å²) in [6, 6.07) is 10.4. The molecule has 4 N–H and O–H groups in total. The van der Waals surface area contributed by atoms with Crippen LogP contribution in [0, 0.1) is 5.82 Å². The van der Waals surface area contributed by atoms with E-state index in [9.17, 15) is 9.18 Å². The van der Waals surface area contributed by atoms with Gasteiger partial charge in [0, 0.05) is 11.7 Å². The van der Waals surface area contributed by atoms with Crippen LogP contribution in [-0.2, 0) is 0 Å². The van der Waals surface area contributed by atoms with Gasteiger partial charge in [0.2, 0.25) is 0 Å². The summed E-state index contributed by atoms with van der Waals surface area (Å²) in [5.41, 5.74) is 7.68. The predicted octanol–water partition coefficient (Wildman–Crippen LogP) is 4.14. The first kappa shape index (κ1) is 15.3. The molecule has 4 nitrogen and oxygen atoms in total. The summed E-state index contributed by atoms with van der Waals surface area (Å²) in [6.07, 6.45) is 0. The van der Waals surface area contributed by atoms with Crippen molar-refractivity contribution in [2.75, 3.05) is 10.6 Å². The Bertz CT molecular complexity index is 644. The normalized spacial score (nSPS) is 11.8. The molecule has 2 aromatic rings. The minimum Gasteiger partial charge on any atom is -0.324 e. The fourth-order valence-electron chi connectivity index (χ4n) is 1.75. The van der Waals surface area contributed by atoms with Crippen LogP contribution in [0.5, 0.6) is 0 Å². The molecule has 0 radical (unpaired) electrons. The van der Waals surface area contributed by atoms with Gasteiger partial charge in [-0.25, -0.2) is 9.18 Å². The second-order valence-electron chi connectivity index (χ2n) is 4.61. The predicted molar refractivity (Wildman–Crippen MR) is 83.1 cm³/mol. The summed E-state index contributed by atoms with van der Waals surface area (Å²) in [7, 11) is 0. The Labute approximate surface area is 127 Å². The number of carbonyl (C=O) groups excluding carboxylic acids is 1. The SMILES string of the molecule is CC(N)c1ccc(NC(=O)Nc2ccc(F)cc2Cl)cc1. The van der Waals surface area contributed by atoms with Crippen LogP contribution in [-0.4, -0.2) is 6.03 Å². The highest BCUT2D eigenvalue weighted by Gasteiger charge is 2.07. The molecule has 0 fully saturated rings. The number of amides is 2. The average Bonchev–Trinajstić information content (AvgIpc) is 2.42. The largest absolute Gasteiger partial charge is 0.324 e. The van der Waals surface area contributed by atoms with Gasteiger partial charge in [-0.2, -0.15) is 0 Å². The summed E-state index contributed by atoms with van der Waals surface area (Å²) >= 11 is 5.84. The Hall–Kier alpha value is -2.11. The van der Waals surface area contributed by atoms with Gasteiger partial charge in [-0.3, -0.25) is 0 Å². The van der Waals surface area contributed by atoms with Gasteiger partial charge < -0.3 is 16.4 Å². The molecular formula is C15H15ClFN3O. The quantitative estimate of drug-likeness (QED) is 0.797. The number of nitrogens with two attached hydrogens (primary N) is 1. The van der Waals surface area contributed by atoms with Crippen molar-refractivity contribution in [3.8, 4) is 0 Å². The van der Waals surface area contributed by atoms with Crippen molar-refractivity contribution in [1.82, 2.24) is 0 Å². The number of anilines is 2. The van der Waals surface area contributed by atoms with Crippen molar-refractivity contribution < 1.29 is 9.18 Å². The molecule has 1 atom stereocenters. The maximum Gasteiger partial charge on any atom is 0.323 e. The van der Waals surface area contributed by atoms with E-state index in [-0.39, 0.29) is 11.1 Å². The van der Waals surface area contributed by atoms with Crippen LogP contribution < -0.4 is 16.4 Å². The van der Waals surface area contributed by atoms with Crippen molar-refractivity contribution in [2.45, 2.75) is 13.0 Å². The minimum absolute atomic E-state index is 0.0640. The summed E-state index contributed by atoms with van der Waals surface area (Å²) in [5, 5.41) is 5.34. The van der Waals surface area contributed by atoms with E-state index in [1.807, 2.05) is 19.1 Å². The molecule has 110 valence electrons. The summed E-state index contributed by atoms with van der Waals surface area (Å²) in [4.78, 5) is 11.8. The van der Waals surface area contributed by atoms with Crippen LogP contribution in [0.3, 0.4) is 0 Å². The Morgan fingerprint density at radius 2 is 1.86 bits per heavy atom. The van der Waals surface area contributed by atoms with Gasteiger partial charge in [0.15, 0.2) is 0 Å². The monoisotopic (exact) mass is 307 g/mol. The number of benzene rings is 2. The number of urea groups is 1. The topological polar surface area (TPSA) is 67.1 Å². The lowest BCUT2D eigenvalue weighted by atomic mass is 10.1. The molecule has 21 heavy (non-hydrogen) atoms. The molecule has 2 rings (SSSR count). The van der Waals surface area contributed by atoms with E-state index in [1.54, 1.807) is 12.1 Å². The highest BCUT2D eigenvalue weighted by atomic mass is 35.5. The molecular weight excluding hydrogens is 293 g/mol. The second kappa shape index (κ2) is 6.56. The van der Waals surface area contributed by atoms with Gasteiger partial charge in [-0.15, -0.1) is 0 Å². The van der Waals surface area contributed by atoms with Crippen molar-refractivity contribution in [1.29, 1.82) is 0 Å². The fourth-order valence-corrected chi connectivity index (χ4v) is 1.96. The highest BCUT2D eigenvalue weighted by Crippen LogP contribution is 2.22. The molecule has 0 aliphatic rings. The lowest BCUT2D eigenvalue weighted by Gasteiger charge is -2.10. The number of hydrogen-bond donors (Lipinski definition) is 3. The fraction of sp³-hybridized carbons (Fsp3) is 0.133. The van der Waals surface area contributed by atoms with Gasteiger partial charge in [0.1, 0.15) is 5.82 Å². The molecule has 0 spiro atoms. The van der Waals surface area contributed by atoms with Crippen molar-refractivity contribution >= 4 is 29.0 Å². The summed E-state index contributed by atoms with van der Waals surface area (Å²) in [5.74, 6) is -0.461. The standard InChI is InChI=1S/C15H15ClFN3O/c1-9(18)10-2-5-12(6-3-10)19-15(21)20-14-7-4-11(17)8-13(14)16/h2-9H,18H2,1H3,(H2,19,20,21). The van der Waals surface area contributed by atoms with Crippen LogP contribution in [0.15, 0.2) is 42.5 Å². The second-order valence-corrected chi connectivity index (χ2v) is 5.02. The number of nitrogens with one attached hydrogen (secondary N) is 2. The Morgan fingerprint density at radius 3 is 2.43 bits per heavy atom. The lowest BCUT2D eigenvalue weighted by molar-refractivity contribution is 0.262. The van der Waals surface area contributed by atoms with Gasteiger partial charge in [0.25, 0.3) is 0 Å². The zero-order chi connectivity index (χ0) is 15.4. The molecule has 6 heteroatoms. The Morgan fingerprint density at radius 1 is 1.19 bits per heavy atom. The molecule has 0 saturated carbocycles. The minimum atomic E-state index is -0.461. The number of rotatable bonds is 3. The smallest absolute Gasteiger partial charge is 0.323 e. The van der Waals surface area contributed by atoms with E-state index >= 15 is 0 Å². The third kappa shape index (κ3) is 4.18. The van der Waals surface area contributed by atoms with E-state index in [4.69, 9.17) is 17.3 Å². The zero-order valence-corrected chi connectivity index (χ0v) is 12.1. The van der Waals surface area contributed by atoms with E-state index in [0.29, 0.717) is 11.4 Å². The third-order valence-corrected chi connectivity index (χ3v) is 3.19. The van der Waals surface area contributed by atoms with Crippen LogP contribution in [0.4, 0.5) is 20.6 Å². The maximum atomic E-state index is 12.9. The number of hydrogen-bond acceptors (Lipinski definition) is 2. The number of halogens is 2. The van der Waals surface area contributed by atoms with E-state index in [0.717, 1.165) is 11.6 Å². The average molecular weight is 308 g/mol. The third-order valence-electron chi connectivity index (χ3n) is 2.87. The highest BCUT2D eigenvalue weighted by molar-refractivity contribution is 6.33. The molecule has 0 aromatic heterocycles. The molecule has 2 aromatic carbocycles. The van der Waals surface area contributed by atoms with Crippen LogP contribution in [0.2, 0.25) is 5.02 Å². The first-order valence-corrected chi connectivity index (χ1v) is 6.72. The van der Waals surface area contributed by atoms with Crippen LogP contribution >= 0.6 is 11.6 Å². The van der Waals surface area contributed by atoms with E-state index in [2.05, 4.69) is 10.6 Å². The Kier molecular flexibility index (Phi) is 4.77. The maximum absolute atomic E-state index is 12.9. The van der Waals surface area contributed by atoms with Crippen molar-refractivity contribution in [3.63, 3.8) is 0 Å². The molecule has 0 heterocycles.